The number of thioether (sulfide) groups is 1. The van der Waals surface area contributed by atoms with E-state index in [0.29, 0.717) is 0 Å². The molecule has 0 radical (unpaired) electrons. The fraction of sp³-hybridized carbons (Fsp3) is 0.200. The van der Waals surface area contributed by atoms with Crippen molar-refractivity contribution in [3.8, 4) is 0 Å². The van der Waals surface area contributed by atoms with Crippen LogP contribution in [0, 0.1) is 6.92 Å². The van der Waals surface area contributed by atoms with Gasteiger partial charge in [-0.2, -0.15) is 0 Å². The average molecular weight is 301 g/mol. The third-order valence-corrected chi connectivity index (χ3v) is 4.72. The number of benzene rings is 1. The van der Waals surface area contributed by atoms with Crippen molar-refractivity contribution in [1.82, 2.24) is 15.2 Å². The van der Waals surface area contributed by atoms with Gasteiger partial charge in [0.15, 0.2) is 0 Å². The number of aromatic amines is 1. The number of hydrogen-bond donors (Lipinski definition) is 1. The van der Waals surface area contributed by atoms with E-state index in [1.807, 2.05) is 0 Å². The van der Waals surface area contributed by atoms with Crippen LogP contribution in [0.1, 0.15) is 21.8 Å². The first-order chi connectivity index (χ1) is 9.79. The molecule has 3 aromatic rings. The Morgan fingerprint density at radius 3 is 2.80 bits per heavy atom. The van der Waals surface area contributed by atoms with Crippen LogP contribution in [0.15, 0.2) is 46.9 Å². The summed E-state index contributed by atoms with van der Waals surface area (Å²) in [6, 6.07) is 12.8. The van der Waals surface area contributed by atoms with Gasteiger partial charge in [-0.1, -0.05) is 47.7 Å². The standard InChI is InChI=1S/C15H15N3S2/c1-11-4-6-12(7-5-11)10-20-15-16-14(17-18-15)9-13-3-2-8-19-13/h2-8H,9-10H2,1H3,(H,16,17,18). The lowest BCUT2D eigenvalue weighted by atomic mass is 10.2. The summed E-state index contributed by atoms with van der Waals surface area (Å²) in [7, 11) is 0. The van der Waals surface area contributed by atoms with Gasteiger partial charge >= 0.3 is 0 Å². The Kier molecular flexibility index (Phi) is 4.18. The van der Waals surface area contributed by atoms with Crippen molar-refractivity contribution in [2.45, 2.75) is 24.3 Å². The largest absolute Gasteiger partial charge is 0.262 e. The Balaban J connectivity index is 1.58. The Hall–Kier alpha value is -1.59. The Morgan fingerprint density at radius 1 is 1.20 bits per heavy atom. The summed E-state index contributed by atoms with van der Waals surface area (Å²) in [5.41, 5.74) is 2.58. The molecule has 0 amide bonds. The zero-order valence-electron chi connectivity index (χ0n) is 11.2. The number of aromatic nitrogens is 3. The summed E-state index contributed by atoms with van der Waals surface area (Å²) in [6.07, 6.45) is 0.829. The quantitative estimate of drug-likeness (QED) is 0.723. The van der Waals surface area contributed by atoms with Crippen LogP contribution in [0.4, 0.5) is 0 Å². The zero-order chi connectivity index (χ0) is 13.8. The Labute approximate surface area is 126 Å². The molecule has 0 aliphatic heterocycles. The lowest BCUT2D eigenvalue weighted by Gasteiger charge is -1.98. The fourth-order valence-corrected chi connectivity index (χ4v) is 3.31. The van der Waals surface area contributed by atoms with E-state index in [1.165, 1.54) is 16.0 Å². The van der Waals surface area contributed by atoms with Crippen LogP contribution in [0.5, 0.6) is 0 Å². The third kappa shape index (κ3) is 3.49. The second-order valence-electron chi connectivity index (χ2n) is 4.60. The lowest BCUT2D eigenvalue weighted by molar-refractivity contribution is 0.960. The highest BCUT2D eigenvalue weighted by Gasteiger charge is 2.05. The van der Waals surface area contributed by atoms with Gasteiger partial charge < -0.3 is 0 Å². The van der Waals surface area contributed by atoms with Gasteiger partial charge in [-0.15, -0.1) is 16.4 Å². The second kappa shape index (κ2) is 6.24. The second-order valence-corrected chi connectivity index (χ2v) is 6.57. The highest BCUT2D eigenvalue weighted by atomic mass is 32.2. The maximum Gasteiger partial charge on any atom is 0.208 e. The fourth-order valence-electron chi connectivity index (χ4n) is 1.83. The molecule has 20 heavy (non-hydrogen) atoms. The number of thiophene rings is 1. The third-order valence-electron chi connectivity index (χ3n) is 2.92. The minimum absolute atomic E-state index is 0.817. The van der Waals surface area contributed by atoms with E-state index in [2.05, 4.69) is 63.9 Å². The molecule has 0 unspecified atom stereocenters. The van der Waals surface area contributed by atoms with E-state index < -0.39 is 0 Å². The number of aryl methyl sites for hydroxylation is 1. The van der Waals surface area contributed by atoms with E-state index in [1.54, 1.807) is 23.1 Å². The molecule has 0 saturated carbocycles. The number of H-pyrrole nitrogens is 1. The van der Waals surface area contributed by atoms with Crippen molar-refractivity contribution in [1.29, 1.82) is 0 Å². The molecule has 0 aliphatic carbocycles. The molecule has 2 aromatic heterocycles. The van der Waals surface area contributed by atoms with Crippen molar-refractivity contribution in [2.75, 3.05) is 0 Å². The van der Waals surface area contributed by atoms with Crippen LogP contribution in [-0.4, -0.2) is 15.2 Å². The first-order valence-corrected chi connectivity index (χ1v) is 8.28. The van der Waals surface area contributed by atoms with E-state index in [0.717, 1.165) is 23.2 Å². The number of nitrogens with zero attached hydrogens (tertiary/aromatic N) is 2. The van der Waals surface area contributed by atoms with Gasteiger partial charge in [-0.3, -0.25) is 5.10 Å². The van der Waals surface area contributed by atoms with E-state index in [4.69, 9.17) is 0 Å². The lowest BCUT2D eigenvalue weighted by Crippen LogP contribution is -1.87. The Bertz CT molecular complexity index is 657. The molecule has 1 N–H and O–H groups in total. The number of rotatable bonds is 5. The van der Waals surface area contributed by atoms with Crippen molar-refractivity contribution in [3.05, 3.63) is 63.6 Å². The molecule has 3 rings (SSSR count). The molecule has 5 heteroatoms. The summed E-state index contributed by atoms with van der Waals surface area (Å²) < 4.78 is 0. The summed E-state index contributed by atoms with van der Waals surface area (Å²) in [5, 5.41) is 10.2. The van der Waals surface area contributed by atoms with Crippen LogP contribution < -0.4 is 0 Å². The average Bonchev–Trinajstić information content (AvgIpc) is 3.11. The smallest absolute Gasteiger partial charge is 0.208 e. The molecule has 0 fully saturated rings. The molecule has 0 spiro atoms. The summed E-state index contributed by atoms with van der Waals surface area (Å²) in [6.45, 7) is 2.10. The SMILES string of the molecule is Cc1ccc(CSc2n[nH]c(Cc3cccs3)n2)cc1. The molecule has 0 aliphatic rings. The van der Waals surface area contributed by atoms with Gasteiger partial charge in [-0.05, 0) is 23.9 Å². The zero-order valence-corrected chi connectivity index (χ0v) is 12.8. The van der Waals surface area contributed by atoms with E-state index >= 15 is 0 Å². The normalized spacial score (nSPS) is 10.8. The summed E-state index contributed by atoms with van der Waals surface area (Å²) in [5.74, 6) is 1.83. The summed E-state index contributed by atoms with van der Waals surface area (Å²) in [4.78, 5) is 5.82. The minimum Gasteiger partial charge on any atom is -0.262 e. The van der Waals surface area contributed by atoms with Crippen molar-refractivity contribution in [2.24, 2.45) is 0 Å². The summed E-state index contributed by atoms with van der Waals surface area (Å²) >= 11 is 3.41. The maximum absolute atomic E-state index is 4.52. The molecule has 0 atom stereocenters. The van der Waals surface area contributed by atoms with Crippen molar-refractivity contribution < 1.29 is 0 Å². The van der Waals surface area contributed by atoms with Gasteiger partial charge in [0.05, 0.1) is 0 Å². The monoisotopic (exact) mass is 301 g/mol. The first-order valence-electron chi connectivity index (χ1n) is 6.41. The predicted octanol–water partition coefficient (Wildman–Crippen LogP) is 4.06. The molecule has 1 aromatic carbocycles. The highest BCUT2D eigenvalue weighted by molar-refractivity contribution is 7.98. The van der Waals surface area contributed by atoms with Crippen molar-refractivity contribution in [3.63, 3.8) is 0 Å². The predicted molar refractivity (Wildman–Crippen MR) is 84.2 cm³/mol. The van der Waals surface area contributed by atoms with Gasteiger partial charge in [-0.25, -0.2) is 4.98 Å². The van der Waals surface area contributed by atoms with E-state index in [9.17, 15) is 0 Å². The maximum atomic E-state index is 4.52. The Morgan fingerprint density at radius 2 is 2.05 bits per heavy atom. The van der Waals surface area contributed by atoms with Crippen LogP contribution in [0.2, 0.25) is 0 Å². The minimum atomic E-state index is 0.817. The molecule has 0 saturated heterocycles. The van der Waals surface area contributed by atoms with Gasteiger partial charge in [0.2, 0.25) is 5.16 Å². The number of hydrogen-bond acceptors (Lipinski definition) is 4. The number of nitrogens with one attached hydrogen (secondary N) is 1. The molecular formula is C15H15N3S2. The topological polar surface area (TPSA) is 41.6 Å². The van der Waals surface area contributed by atoms with Gasteiger partial charge in [0, 0.05) is 17.1 Å². The van der Waals surface area contributed by atoms with Crippen LogP contribution in [0.25, 0.3) is 0 Å². The highest BCUT2D eigenvalue weighted by Crippen LogP contribution is 2.20. The molecule has 102 valence electrons. The molecular weight excluding hydrogens is 286 g/mol. The van der Waals surface area contributed by atoms with E-state index in [-0.39, 0.29) is 0 Å². The van der Waals surface area contributed by atoms with Crippen LogP contribution in [0.3, 0.4) is 0 Å². The van der Waals surface area contributed by atoms with Gasteiger partial charge in [0.25, 0.3) is 0 Å². The molecule has 3 nitrogen and oxygen atoms in total. The van der Waals surface area contributed by atoms with Gasteiger partial charge in [0.1, 0.15) is 5.82 Å². The first kappa shape index (κ1) is 13.4. The van der Waals surface area contributed by atoms with Crippen LogP contribution in [-0.2, 0) is 12.2 Å². The van der Waals surface area contributed by atoms with Crippen LogP contribution >= 0.6 is 23.1 Å². The molecule has 2 heterocycles. The molecule has 0 bridgehead atoms. The van der Waals surface area contributed by atoms with Crippen molar-refractivity contribution >= 4 is 23.1 Å².